The molecule has 0 N–H and O–H groups in total. The summed E-state index contributed by atoms with van der Waals surface area (Å²) >= 11 is 3.31. The summed E-state index contributed by atoms with van der Waals surface area (Å²) < 4.78 is 6.45. The number of aromatic nitrogens is 1. The van der Waals surface area contributed by atoms with Crippen molar-refractivity contribution >= 4 is 21.7 Å². The third kappa shape index (κ3) is 3.01. The van der Waals surface area contributed by atoms with Crippen LogP contribution in [0.4, 0.5) is 0 Å². The van der Waals surface area contributed by atoms with Crippen LogP contribution in [0.25, 0.3) is 0 Å². The molecule has 1 saturated carbocycles. The molecule has 1 aliphatic carbocycles. The maximum absolute atomic E-state index is 12.2. The van der Waals surface area contributed by atoms with Gasteiger partial charge in [-0.2, -0.15) is 0 Å². The molecule has 0 radical (unpaired) electrons. The van der Waals surface area contributed by atoms with Crippen molar-refractivity contribution < 1.29 is 9.53 Å². The van der Waals surface area contributed by atoms with E-state index in [9.17, 15) is 4.79 Å². The predicted molar refractivity (Wildman–Crippen MR) is 75.5 cm³/mol. The molecule has 3 nitrogen and oxygen atoms in total. The number of hydrogen-bond donors (Lipinski definition) is 0. The van der Waals surface area contributed by atoms with Gasteiger partial charge in [0.15, 0.2) is 5.78 Å². The van der Waals surface area contributed by atoms with Crippen LogP contribution in [0.2, 0.25) is 0 Å². The maximum Gasteiger partial charge on any atom is 0.194 e. The van der Waals surface area contributed by atoms with Crippen LogP contribution in [0.3, 0.4) is 0 Å². The molecule has 3 rings (SSSR count). The van der Waals surface area contributed by atoms with Gasteiger partial charge < -0.3 is 4.74 Å². The van der Waals surface area contributed by atoms with Crippen LogP contribution in [0.5, 0.6) is 5.75 Å². The fraction of sp³-hybridized carbons (Fsp3) is 0.200. The second-order valence-corrected chi connectivity index (χ2v) is 5.48. The molecule has 0 unspecified atom stereocenters. The zero-order valence-electron chi connectivity index (χ0n) is 10.2. The standard InChI is InChI=1S/C15H12BrNO2/c16-12-7-11(8-17-9-12)15(18)10-1-3-13(4-2-10)19-14-5-6-14/h1-4,7-9,14H,5-6H2. The van der Waals surface area contributed by atoms with E-state index in [4.69, 9.17) is 4.74 Å². The minimum atomic E-state index is -0.0354. The zero-order chi connectivity index (χ0) is 13.2. The summed E-state index contributed by atoms with van der Waals surface area (Å²) in [6.45, 7) is 0. The summed E-state index contributed by atoms with van der Waals surface area (Å²) in [6, 6.07) is 9.04. The molecule has 1 fully saturated rings. The van der Waals surface area contributed by atoms with Crippen molar-refractivity contribution in [3.63, 3.8) is 0 Å². The van der Waals surface area contributed by atoms with Crippen molar-refractivity contribution in [2.24, 2.45) is 0 Å². The molecule has 1 aromatic heterocycles. The zero-order valence-corrected chi connectivity index (χ0v) is 11.8. The number of nitrogens with zero attached hydrogens (tertiary/aromatic N) is 1. The third-order valence-corrected chi connectivity index (χ3v) is 3.34. The lowest BCUT2D eigenvalue weighted by Gasteiger charge is -2.05. The minimum absolute atomic E-state index is 0.0354. The Hall–Kier alpha value is -1.68. The summed E-state index contributed by atoms with van der Waals surface area (Å²) in [4.78, 5) is 16.2. The molecule has 0 spiro atoms. The molecular formula is C15H12BrNO2. The number of pyridine rings is 1. The summed E-state index contributed by atoms with van der Waals surface area (Å²) in [5, 5.41) is 0. The van der Waals surface area contributed by atoms with Gasteiger partial charge in [0.2, 0.25) is 0 Å². The normalized spacial score (nSPS) is 14.2. The summed E-state index contributed by atoms with van der Waals surface area (Å²) in [5.41, 5.74) is 1.22. The Morgan fingerprint density at radius 1 is 1.16 bits per heavy atom. The van der Waals surface area contributed by atoms with Gasteiger partial charge in [0.05, 0.1) is 6.10 Å². The van der Waals surface area contributed by atoms with Crippen molar-refractivity contribution in [2.75, 3.05) is 0 Å². The Kier molecular flexibility index (Phi) is 3.34. The highest BCUT2D eigenvalue weighted by Gasteiger charge is 2.23. The van der Waals surface area contributed by atoms with Crippen LogP contribution in [-0.4, -0.2) is 16.9 Å². The number of halogens is 1. The van der Waals surface area contributed by atoms with E-state index in [-0.39, 0.29) is 5.78 Å². The van der Waals surface area contributed by atoms with Crippen LogP contribution in [-0.2, 0) is 0 Å². The monoisotopic (exact) mass is 317 g/mol. The van der Waals surface area contributed by atoms with E-state index in [1.54, 1.807) is 30.6 Å². The molecule has 0 bridgehead atoms. The fourth-order valence-corrected chi connectivity index (χ4v) is 2.13. The largest absolute Gasteiger partial charge is 0.490 e. The Morgan fingerprint density at radius 2 is 1.89 bits per heavy atom. The lowest BCUT2D eigenvalue weighted by molar-refractivity contribution is 0.103. The van der Waals surface area contributed by atoms with E-state index in [1.165, 1.54) is 0 Å². The highest BCUT2D eigenvalue weighted by molar-refractivity contribution is 9.10. The van der Waals surface area contributed by atoms with E-state index in [0.29, 0.717) is 17.2 Å². The number of ketones is 1. The highest BCUT2D eigenvalue weighted by Crippen LogP contribution is 2.27. The van der Waals surface area contributed by atoms with E-state index < -0.39 is 0 Å². The SMILES string of the molecule is O=C(c1ccc(OC2CC2)cc1)c1cncc(Br)c1. The first-order valence-corrected chi connectivity index (χ1v) is 6.93. The third-order valence-electron chi connectivity index (χ3n) is 2.91. The number of carbonyl (C=O) groups excluding carboxylic acids is 1. The van der Waals surface area contributed by atoms with Crippen LogP contribution in [0.1, 0.15) is 28.8 Å². The van der Waals surface area contributed by atoms with Crippen LogP contribution >= 0.6 is 15.9 Å². The molecule has 0 aliphatic heterocycles. The smallest absolute Gasteiger partial charge is 0.194 e. The second kappa shape index (κ2) is 5.13. The lowest BCUT2D eigenvalue weighted by atomic mass is 10.1. The number of carbonyl (C=O) groups is 1. The fourth-order valence-electron chi connectivity index (χ4n) is 1.77. The molecule has 1 heterocycles. The van der Waals surface area contributed by atoms with Gasteiger partial charge in [-0.3, -0.25) is 9.78 Å². The van der Waals surface area contributed by atoms with E-state index in [1.807, 2.05) is 12.1 Å². The van der Waals surface area contributed by atoms with E-state index in [2.05, 4.69) is 20.9 Å². The number of rotatable bonds is 4. The van der Waals surface area contributed by atoms with Gasteiger partial charge in [-0.15, -0.1) is 0 Å². The molecule has 1 aromatic carbocycles. The second-order valence-electron chi connectivity index (χ2n) is 4.56. The quantitative estimate of drug-likeness (QED) is 0.808. The van der Waals surface area contributed by atoms with Gasteiger partial charge >= 0.3 is 0 Å². The van der Waals surface area contributed by atoms with Crippen molar-refractivity contribution in [3.05, 3.63) is 58.3 Å². The highest BCUT2D eigenvalue weighted by atomic mass is 79.9. The van der Waals surface area contributed by atoms with Crippen molar-refractivity contribution in [1.82, 2.24) is 4.98 Å². The first-order valence-electron chi connectivity index (χ1n) is 6.14. The average Bonchev–Trinajstić information content (AvgIpc) is 3.23. The van der Waals surface area contributed by atoms with Crippen molar-refractivity contribution in [1.29, 1.82) is 0 Å². The van der Waals surface area contributed by atoms with E-state index in [0.717, 1.165) is 23.1 Å². The number of ether oxygens (including phenoxy) is 1. The predicted octanol–water partition coefficient (Wildman–Crippen LogP) is 3.62. The van der Waals surface area contributed by atoms with Gasteiger partial charge in [-0.25, -0.2) is 0 Å². The first-order chi connectivity index (χ1) is 9.22. The Bertz CT molecular complexity index is 606. The molecule has 4 heteroatoms. The van der Waals surface area contributed by atoms with Crippen molar-refractivity contribution in [3.8, 4) is 5.75 Å². The Balaban J connectivity index is 1.79. The first kappa shape index (κ1) is 12.4. The summed E-state index contributed by atoms with van der Waals surface area (Å²) in [6.07, 6.45) is 5.86. The van der Waals surface area contributed by atoms with Gasteiger partial charge in [0.1, 0.15) is 5.75 Å². The van der Waals surface area contributed by atoms with Gasteiger partial charge in [-0.05, 0) is 59.1 Å². The van der Waals surface area contributed by atoms with Gasteiger partial charge in [0, 0.05) is 28.0 Å². The topological polar surface area (TPSA) is 39.2 Å². The average molecular weight is 318 g/mol. The molecule has 19 heavy (non-hydrogen) atoms. The van der Waals surface area contributed by atoms with Gasteiger partial charge in [0.25, 0.3) is 0 Å². The molecular weight excluding hydrogens is 306 g/mol. The van der Waals surface area contributed by atoms with E-state index >= 15 is 0 Å². The van der Waals surface area contributed by atoms with Crippen LogP contribution in [0, 0.1) is 0 Å². The molecule has 0 saturated heterocycles. The molecule has 96 valence electrons. The Morgan fingerprint density at radius 3 is 2.53 bits per heavy atom. The lowest BCUT2D eigenvalue weighted by Crippen LogP contribution is -2.02. The molecule has 1 aliphatic rings. The summed E-state index contributed by atoms with van der Waals surface area (Å²) in [5.74, 6) is 0.790. The summed E-state index contributed by atoms with van der Waals surface area (Å²) in [7, 11) is 0. The minimum Gasteiger partial charge on any atom is -0.490 e. The van der Waals surface area contributed by atoms with Gasteiger partial charge in [-0.1, -0.05) is 0 Å². The number of benzene rings is 1. The van der Waals surface area contributed by atoms with Crippen LogP contribution in [0.15, 0.2) is 47.2 Å². The number of hydrogen-bond acceptors (Lipinski definition) is 3. The van der Waals surface area contributed by atoms with Crippen LogP contribution < -0.4 is 4.74 Å². The molecule has 0 atom stereocenters. The molecule has 2 aromatic rings. The van der Waals surface area contributed by atoms with Crippen molar-refractivity contribution in [2.45, 2.75) is 18.9 Å². The molecule has 0 amide bonds. The Labute approximate surface area is 119 Å². The maximum atomic E-state index is 12.2.